The second-order valence-corrected chi connectivity index (χ2v) is 6.67. The first-order valence-corrected chi connectivity index (χ1v) is 9.24. The van der Waals surface area contributed by atoms with Gasteiger partial charge in [0.25, 0.3) is 17.1 Å². The quantitative estimate of drug-likeness (QED) is 0.525. The third kappa shape index (κ3) is 7.13. The predicted molar refractivity (Wildman–Crippen MR) is 103 cm³/mol. The van der Waals surface area contributed by atoms with Gasteiger partial charge in [-0.25, -0.2) is 9.18 Å². The first-order chi connectivity index (χ1) is 13.4. The van der Waals surface area contributed by atoms with Gasteiger partial charge in [-0.05, 0) is 32.0 Å². The van der Waals surface area contributed by atoms with Crippen molar-refractivity contribution in [1.29, 1.82) is 0 Å². The molecule has 2 N–H and O–H groups in total. The summed E-state index contributed by atoms with van der Waals surface area (Å²) < 4.78 is 45.2. The van der Waals surface area contributed by atoms with E-state index in [9.17, 15) is 27.2 Å². The molecule has 0 saturated heterocycles. The number of nitrogens with one attached hydrogen (secondary N) is 1. The summed E-state index contributed by atoms with van der Waals surface area (Å²) in [6, 6.07) is 4.78. The van der Waals surface area contributed by atoms with E-state index >= 15 is 0 Å². The van der Waals surface area contributed by atoms with Crippen LogP contribution in [-0.4, -0.2) is 46.9 Å². The number of carboxylic acid groups (broad SMARTS) is 1. The number of aromatic nitrogens is 1. The summed E-state index contributed by atoms with van der Waals surface area (Å²) in [6.45, 7) is 5.49. The maximum atomic E-state index is 12.7. The number of fused-ring (bicyclic) bond motifs is 1. The van der Waals surface area contributed by atoms with Crippen LogP contribution in [0.2, 0.25) is 0 Å². The van der Waals surface area contributed by atoms with E-state index in [1.165, 1.54) is 17.4 Å². The second-order valence-electron chi connectivity index (χ2n) is 5.28. The number of aliphatic carboxylic acids is 1. The molecule has 0 spiro atoms. The fourth-order valence-electron chi connectivity index (χ4n) is 1.96. The Bertz CT molecular complexity index is 933. The molecule has 0 aliphatic heterocycles. The van der Waals surface area contributed by atoms with Crippen LogP contribution in [0.25, 0.3) is 10.1 Å². The number of anilines is 2. The van der Waals surface area contributed by atoms with Crippen LogP contribution in [0.15, 0.2) is 23.0 Å². The molecule has 0 aliphatic rings. The zero-order valence-electron chi connectivity index (χ0n) is 15.1. The van der Waals surface area contributed by atoms with Crippen LogP contribution in [0.4, 0.5) is 28.4 Å². The van der Waals surface area contributed by atoms with Crippen molar-refractivity contribution in [3.8, 4) is 0 Å². The monoisotopic (exact) mass is 457 g/mol. The maximum absolute atomic E-state index is 12.7. The molecule has 0 radical (unpaired) electrons. The van der Waals surface area contributed by atoms with Gasteiger partial charge in [0.05, 0.1) is 5.39 Å². The molecule has 1 aromatic carbocycles. The number of benzene rings is 1. The van der Waals surface area contributed by atoms with Crippen LogP contribution < -0.4 is 15.8 Å². The molecule has 13 heteroatoms. The summed E-state index contributed by atoms with van der Waals surface area (Å²) >= 11 is 6.45. The predicted octanol–water partition coefficient (Wildman–Crippen LogP) is 3.61. The first-order valence-electron chi connectivity index (χ1n) is 7.99. The van der Waals surface area contributed by atoms with Crippen molar-refractivity contribution in [3.63, 3.8) is 0 Å². The zero-order valence-corrected chi connectivity index (χ0v) is 16.7. The lowest BCUT2D eigenvalue weighted by Gasteiger charge is -2.18. The lowest BCUT2D eigenvalue weighted by molar-refractivity contribution is -0.192. The third-order valence-electron chi connectivity index (χ3n) is 3.35. The van der Waals surface area contributed by atoms with Crippen LogP contribution in [0.1, 0.15) is 13.8 Å². The minimum absolute atomic E-state index is 0.308. The van der Waals surface area contributed by atoms with Gasteiger partial charge in [-0.3, -0.25) is 9.59 Å². The maximum Gasteiger partial charge on any atom is 0.490 e. The highest BCUT2D eigenvalue weighted by atomic mass is 35.5. The van der Waals surface area contributed by atoms with Gasteiger partial charge in [0.2, 0.25) is 0 Å². The summed E-state index contributed by atoms with van der Waals surface area (Å²) in [7, 11) is 0. The van der Waals surface area contributed by atoms with Crippen molar-refractivity contribution in [2.24, 2.45) is 0 Å². The Morgan fingerprint density at radius 3 is 2.31 bits per heavy atom. The molecule has 0 bridgehead atoms. The Morgan fingerprint density at radius 2 is 1.86 bits per heavy atom. The van der Waals surface area contributed by atoms with Gasteiger partial charge in [-0.2, -0.15) is 18.2 Å². The minimum atomic E-state index is -5.08. The Kier molecular flexibility index (Phi) is 8.77. The fourth-order valence-corrected chi connectivity index (χ4v) is 3.12. The normalized spacial score (nSPS) is 12.0. The minimum Gasteiger partial charge on any atom is -0.475 e. The SMILES string of the molecule is CCN(CC)c1nc(=O)c2cc(NC(=O)C(F)Cl)ccc2s1.O=C(O)C(F)(F)F. The Hall–Kier alpha value is -2.47. The van der Waals surface area contributed by atoms with Gasteiger partial charge >= 0.3 is 12.1 Å². The number of carbonyl (C=O) groups excluding carboxylic acids is 1. The number of carbonyl (C=O) groups is 2. The van der Waals surface area contributed by atoms with Crippen LogP contribution in [0.5, 0.6) is 0 Å². The Morgan fingerprint density at radius 1 is 1.31 bits per heavy atom. The van der Waals surface area contributed by atoms with E-state index in [-0.39, 0.29) is 5.56 Å². The standard InChI is InChI=1S/C14H15ClFN3O2S.C2HF3O2/c1-3-19(4-2)14-18-12(20)9-7-8(5-6-10(9)22-14)17-13(21)11(15)16;3-2(4,5)1(6)7/h5-7,11H,3-4H2,1-2H3,(H,17,21);(H,6,7). The number of halogens is 5. The van der Waals surface area contributed by atoms with Crippen molar-refractivity contribution in [3.05, 3.63) is 28.6 Å². The molecule has 29 heavy (non-hydrogen) atoms. The number of hydrogen-bond donors (Lipinski definition) is 2. The highest BCUT2D eigenvalue weighted by molar-refractivity contribution is 7.21. The van der Waals surface area contributed by atoms with Gasteiger partial charge in [-0.1, -0.05) is 22.9 Å². The van der Waals surface area contributed by atoms with E-state index in [0.717, 1.165) is 17.8 Å². The molecular weight excluding hydrogens is 442 g/mol. The van der Waals surface area contributed by atoms with E-state index in [2.05, 4.69) is 10.3 Å². The van der Waals surface area contributed by atoms with Gasteiger partial charge < -0.3 is 15.3 Å². The van der Waals surface area contributed by atoms with E-state index < -0.39 is 23.7 Å². The molecule has 1 heterocycles. The summed E-state index contributed by atoms with van der Waals surface area (Å²) in [6.07, 6.45) is -5.08. The lowest BCUT2D eigenvalue weighted by atomic mass is 10.2. The average molecular weight is 458 g/mol. The van der Waals surface area contributed by atoms with E-state index in [1.807, 2.05) is 18.7 Å². The van der Waals surface area contributed by atoms with Crippen LogP contribution >= 0.6 is 22.9 Å². The van der Waals surface area contributed by atoms with Gasteiger partial charge in [0.15, 0.2) is 5.13 Å². The van der Waals surface area contributed by atoms with Crippen LogP contribution in [0, 0.1) is 0 Å². The van der Waals surface area contributed by atoms with Crippen molar-refractivity contribution in [1.82, 2.24) is 4.98 Å². The smallest absolute Gasteiger partial charge is 0.475 e. The van der Waals surface area contributed by atoms with Gasteiger partial charge in [-0.15, -0.1) is 0 Å². The molecule has 0 saturated carbocycles. The molecule has 0 aliphatic carbocycles. The fraction of sp³-hybridized carbons (Fsp3) is 0.375. The van der Waals surface area contributed by atoms with E-state index in [1.54, 1.807) is 12.1 Å². The number of carboxylic acids is 1. The number of nitrogens with zero attached hydrogens (tertiary/aromatic N) is 2. The molecule has 2 aromatic rings. The highest BCUT2D eigenvalue weighted by Gasteiger charge is 2.38. The number of alkyl halides is 5. The first kappa shape index (κ1) is 24.6. The summed E-state index contributed by atoms with van der Waals surface area (Å²) in [5, 5.41) is 10.5. The molecular formula is C16H16ClF4N3O4S. The van der Waals surface area contributed by atoms with E-state index in [0.29, 0.717) is 16.2 Å². The molecule has 160 valence electrons. The molecule has 7 nitrogen and oxygen atoms in total. The lowest BCUT2D eigenvalue weighted by Crippen LogP contribution is -2.24. The Balaban J connectivity index is 0.000000516. The largest absolute Gasteiger partial charge is 0.490 e. The van der Waals surface area contributed by atoms with E-state index in [4.69, 9.17) is 21.5 Å². The zero-order chi connectivity index (χ0) is 22.4. The third-order valence-corrected chi connectivity index (χ3v) is 4.66. The molecule has 1 unspecified atom stereocenters. The second kappa shape index (κ2) is 10.3. The molecule has 2 rings (SSSR count). The van der Waals surface area contributed by atoms with Gasteiger partial charge in [0.1, 0.15) is 0 Å². The summed E-state index contributed by atoms with van der Waals surface area (Å²) in [4.78, 5) is 38.4. The average Bonchev–Trinajstić information content (AvgIpc) is 2.63. The number of rotatable bonds is 5. The molecule has 1 atom stereocenters. The number of amides is 1. The Labute approximate surface area is 170 Å². The van der Waals surface area contributed by atoms with Gasteiger partial charge in [0, 0.05) is 23.5 Å². The summed E-state index contributed by atoms with van der Waals surface area (Å²) in [5.41, 5.74) is -2.20. The topological polar surface area (TPSA) is 99.6 Å². The number of hydrogen-bond acceptors (Lipinski definition) is 6. The molecule has 1 amide bonds. The van der Waals surface area contributed by atoms with Crippen molar-refractivity contribution >= 4 is 55.7 Å². The highest BCUT2D eigenvalue weighted by Crippen LogP contribution is 2.26. The van der Waals surface area contributed by atoms with Crippen LogP contribution in [0.3, 0.4) is 0 Å². The van der Waals surface area contributed by atoms with Crippen LogP contribution in [-0.2, 0) is 9.59 Å². The van der Waals surface area contributed by atoms with Crippen molar-refractivity contribution < 1.29 is 32.3 Å². The molecule has 1 aromatic heterocycles. The molecule has 0 fully saturated rings. The summed E-state index contributed by atoms with van der Waals surface area (Å²) in [5.74, 6) is -3.72. The van der Waals surface area contributed by atoms with Crippen molar-refractivity contribution in [2.75, 3.05) is 23.3 Å². The van der Waals surface area contributed by atoms with Crippen molar-refractivity contribution in [2.45, 2.75) is 25.7 Å².